The van der Waals surface area contributed by atoms with Crippen LogP contribution in [0.15, 0.2) is 48.8 Å². The molecule has 20 heavy (non-hydrogen) atoms. The molecule has 1 N–H and O–H groups in total. The van der Waals surface area contributed by atoms with Crippen LogP contribution in [0, 0.1) is 6.92 Å². The second-order valence-electron chi connectivity index (χ2n) is 4.69. The highest BCUT2D eigenvalue weighted by molar-refractivity contribution is 6.33. The van der Waals surface area contributed by atoms with Gasteiger partial charge in [-0.25, -0.2) is 0 Å². The number of halogens is 1. The number of benzene rings is 1. The third-order valence-corrected chi connectivity index (χ3v) is 3.47. The minimum absolute atomic E-state index is 0.679. The summed E-state index contributed by atoms with van der Waals surface area (Å²) in [4.78, 5) is 8.56. The number of fused-ring (bicyclic) bond motifs is 1. The molecule has 0 amide bonds. The zero-order valence-electron chi connectivity index (χ0n) is 11.1. The zero-order valence-corrected chi connectivity index (χ0v) is 11.9. The van der Waals surface area contributed by atoms with Crippen molar-refractivity contribution in [1.29, 1.82) is 0 Å². The Labute approximate surface area is 122 Å². The van der Waals surface area contributed by atoms with Gasteiger partial charge in [0.15, 0.2) is 0 Å². The zero-order chi connectivity index (χ0) is 13.9. The summed E-state index contributed by atoms with van der Waals surface area (Å²) in [5.74, 6) is 0. The standard InChI is InChI=1S/C16H14ClN3/c1-11-2-4-13-8-12(3-5-15(13)20-11)9-19-16-10-18-7-6-14(16)17/h2-8,10,19H,9H2,1H3. The number of pyridine rings is 2. The van der Waals surface area contributed by atoms with Crippen LogP contribution in [0.5, 0.6) is 0 Å². The molecule has 3 aromatic rings. The number of aryl methyl sites for hydroxylation is 1. The Hall–Kier alpha value is -2.13. The van der Waals surface area contributed by atoms with Gasteiger partial charge in [0.1, 0.15) is 0 Å². The predicted octanol–water partition coefficient (Wildman–Crippen LogP) is 4.20. The van der Waals surface area contributed by atoms with Crippen LogP contribution in [0.4, 0.5) is 5.69 Å². The van der Waals surface area contributed by atoms with Gasteiger partial charge in [-0.05, 0) is 36.8 Å². The van der Waals surface area contributed by atoms with Gasteiger partial charge in [-0.15, -0.1) is 0 Å². The van der Waals surface area contributed by atoms with Crippen LogP contribution in [0.2, 0.25) is 5.02 Å². The van der Waals surface area contributed by atoms with Crippen LogP contribution in [-0.2, 0) is 6.54 Å². The predicted molar refractivity (Wildman–Crippen MR) is 83.1 cm³/mol. The highest BCUT2D eigenvalue weighted by Crippen LogP contribution is 2.21. The van der Waals surface area contributed by atoms with E-state index in [2.05, 4.69) is 33.5 Å². The molecule has 2 aromatic heterocycles. The van der Waals surface area contributed by atoms with Crippen molar-refractivity contribution in [2.75, 3.05) is 5.32 Å². The van der Waals surface area contributed by atoms with Crippen LogP contribution >= 0.6 is 11.6 Å². The van der Waals surface area contributed by atoms with Crippen molar-refractivity contribution < 1.29 is 0 Å². The lowest BCUT2D eigenvalue weighted by Crippen LogP contribution is -2.00. The Morgan fingerprint density at radius 1 is 1.15 bits per heavy atom. The Balaban J connectivity index is 1.81. The van der Waals surface area contributed by atoms with Crippen LogP contribution in [-0.4, -0.2) is 9.97 Å². The maximum Gasteiger partial charge on any atom is 0.0718 e. The molecule has 0 saturated carbocycles. The molecular formula is C16H14ClN3. The van der Waals surface area contributed by atoms with Gasteiger partial charge in [0.2, 0.25) is 0 Å². The van der Waals surface area contributed by atoms with E-state index < -0.39 is 0 Å². The summed E-state index contributed by atoms with van der Waals surface area (Å²) in [6.45, 7) is 2.70. The van der Waals surface area contributed by atoms with Crippen molar-refractivity contribution in [1.82, 2.24) is 9.97 Å². The average molecular weight is 284 g/mol. The average Bonchev–Trinajstić information content (AvgIpc) is 2.46. The van der Waals surface area contributed by atoms with E-state index in [0.717, 1.165) is 22.3 Å². The number of rotatable bonds is 3. The molecule has 100 valence electrons. The van der Waals surface area contributed by atoms with E-state index in [1.54, 1.807) is 18.5 Å². The number of nitrogens with one attached hydrogen (secondary N) is 1. The van der Waals surface area contributed by atoms with E-state index in [1.165, 1.54) is 5.56 Å². The van der Waals surface area contributed by atoms with Crippen molar-refractivity contribution in [2.24, 2.45) is 0 Å². The summed E-state index contributed by atoms with van der Waals surface area (Å²) < 4.78 is 0. The molecule has 0 atom stereocenters. The number of hydrogen-bond donors (Lipinski definition) is 1. The Morgan fingerprint density at radius 3 is 2.90 bits per heavy atom. The lowest BCUT2D eigenvalue weighted by atomic mass is 10.1. The first-order valence-corrected chi connectivity index (χ1v) is 6.80. The fraction of sp³-hybridized carbons (Fsp3) is 0.125. The maximum atomic E-state index is 6.09. The fourth-order valence-electron chi connectivity index (χ4n) is 2.09. The molecule has 0 fully saturated rings. The van der Waals surface area contributed by atoms with Crippen molar-refractivity contribution in [2.45, 2.75) is 13.5 Å². The summed E-state index contributed by atoms with van der Waals surface area (Å²) in [5, 5.41) is 5.11. The molecule has 3 rings (SSSR count). The lowest BCUT2D eigenvalue weighted by molar-refractivity contribution is 1.14. The van der Waals surface area contributed by atoms with Crippen LogP contribution in [0.1, 0.15) is 11.3 Å². The highest BCUT2D eigenvalue weighted by atomic mass is 35.5. The van der Waals surface area contributed by atoms with Gasteiger partial charge in [0, 0.05) is 23.8 Å². The molecule has 0 bridgehead atoms. The Morgan fingerprint density at radius 2 is 2.05 bits per heavy atom. The molecule has 0 spiro atoms. The monoisotopic (exact) mass is 283 g/mol. The molecule has 0 radical (unpaired) electrons. The van der Waals surface area contributed by atoms with E-state index in [0.29, 0.717) is 11.6 Å². The van der Waals surface area contributed by atoms with Gasteiger partial charge in [-0.1, -0.05) is 23.7 Å². The van der Waals surface area contributed by atoms with Gasteiger partial charge in [-0.2, -0.15) is 0 Å². The van der Waals surface area contributed by atoms with E-state index in [9.17, 15) is 0 Å². The molecule has 0 unspecified atom stereocenters. The van der Waals surface area contributed by atoms with E-state index in [-0.39, 0.29) is 0 Å². The van der Waals surface area contributed by atoms with Crippen LogP contribution in [0.3, 0.4) is 0 Å². The molecule has 0 saturated heterocycles. The minimum Gasteiger partial charge on any atom is -0.379 e. The van der Waals surface area contributed by atoms with Crippen molar-refractivity contribution in [3.05, 3.63) is 65.1 Å². The normalized spacial score (nSPS) is 10.7. The van der Waals surface area contributed by atoms with Crippen LogP contribution in [0.25, 0.3) is 10.9 Å². The molecule has 4 heteroatoms. The minimum atomic E-state index is 0.679. The smallest absolute Gasteiger partial charge is 0.0718 e. The quantitative estimate of drug-likeness (QED) is 0.783. The molecule has 1 aromatic carbocycles. The largest absolute Gasteiger partial charge is 0.379 e. The Kier molecular flexibility index (Phi) is 3.52. The number of nitrogens with zero attached hydrogens (tertiary/aromatic N) is 2. The summed E-state index contributed by atoms with van der Waals surface area (Å²) >= 11 is 6.09. The van der Waals surface area contributed by atoms with Crippen molar-refractivity contribution in [3.8, 4) is 0 Å². The van der Waals surface area contributed by atoms with Crippen molar-refractivity contribution in [3.63, 3.8) is 0 Å². The number of hydrogen-bond acceptors (Lipinski definition) is 3. The third-order valence-electron chi connectivity index (χ3n) is 3.14. The van der Waals surface area contributed by atoms with Crippen LogP contribution < -0.4 is 5.32 Å². The maximum absolute atomic E-state index is 6.09. The lowest BCUT2D eigenvalue weighted by Gasteiger charge is -2.08. The van der Waals surface area contributed by atoms with E-state index in [1.807, 2.05) is 19.1 Å². The third kappa shape index (κ3) is 2.73. The molecule has 3 nitrogen and oxygen atoms in total. The first kappa shape index (κ1) is 12.9. The van der Waals surface area contributed by atoms with Gasteiger partial charge in [-0.3, -0.25) is 9.97 Å². The van der Waals surface area contributed by atoms with E-state index >= 15 is 0 Å². The van der Waals surface area contributed by atoms with Crippen molar-refractivity contribution >= 4 is 28.2 Å². The second-order valence-corrected chi connectivity index (χ2v) is 5.10. The second kappa shape index (κ2) is 5.47. The topological polar surface area (TPSA) is 37.8 Å². The highest BCUT2D eigenvalue weighted by Gasteiger charge is 2.01. The summed E-state index contributed by atoms with van der Waals surface area (Å²) in [5.41, 5.74) is 4.08. The Bertz CT molecular complexity index is 756. The summed E-state index contributed by atoms with van der Waals surface area (Å²) in [6.07, 6.45) is 3.41. The number of aromatic nitrogens is 2. The van der Waals surface area contributed by atoms with E-state index in [4.69, 9.17) is 11.6 Å². The summed E-state index contributed by atoms with van der Waals surface area (Å²) in [6, 6.07) is 12.2. The molecular weight excluding hydrogens is 270 g/mol. The van der Waals surface area contributed by atoms with Gasteiger partial charge < -0.3 is 5.32 Å². The van der Waals surface area contributed by atoms with Gasteiger partial charge in [0.25, 0.3) is 0 Å². The SMILES string of the molecule is Cc1ccc2cc(CNc3cnccc3Cl)ccc2n1. The molecule has 0 aliphatic heterocycles. The van der Waals surface area contributed by atoms with Gasteiger partial charge in [0.05, 0.1) is 22.4 Å². The van der Waals surface area contributed by atoms with Gasteiger partial charge >= 0.3 is 0 Å². The fourth-order valence-corrected chi connectivity index (χ4v) is 2.26. The summed E-state index contributed by atoms with van der Waals surface area (Å²) in [7, 11) is 0. The molecule has 0 aliphatic carbocycles. The molecule has 2 heterocycles. The number of anilines is 1. The first-order chi connectivity index (χ1) is 9.72. The molecule has 0 aliphatic rings. The first-order valence-electron chi connectivity index (χ1n) is 6.42.